The summed E-state index contributed by atoms with van der Waals surface area (Å²) in [6.07, 6.45) is -1.54. The zero-order chi connectivity index (χ0) is 24.3. The van der Waals surface area contributed by atoms with E-state index in [1.165, 1.54) is 35.1 Å². The molecule has 7 nitrogen and oxygen atoms in total. The third-order valence-electron chi connectivity index (χ3n) is 4.99. The molecule has 2 N–H and O–H groups in total. The van der Waals surface area contributed by atoms with Gasteiger partial charge in [0.1, 0.15) is 0 Å². The Hall–Kier alpha value is -4.47. The summed E-state index contributed by atoms with van der Waals surface area (Å²) in [5.74, 6) is -0.630. The molecule has 34 heavy (non-hydrogen) atoms. The van der Waals surface area contributed by atoms with E-state index in [1.807, 2.05) is 0 Å². The van der Waals surface area contributed by atoms with Crippen LogP contribution >= 0.6 is 0 Å². The van der Waals surface area contributed by atoms with E-state index in [0.717, 1.165) is 12.1 Å². The van der Waals surface area contributed by atoms with Crippen molar-refractivity contribution in [3.8, 4) is 5.82 Å². The van der Waals surface area contributed by atoms with Crippen LogP contribution in [0.5, 0.6) is 0 Å². The summed E-state index contributed by atoms with van der Waals surface area (Å²) in [5, 5.41) is 9.34. The maximum absolute atomic E-state index is 13.0. The van der Waals surface area contributed by atoms with Crippen LogP contribution in [0, 0.1) is 6.92 Å². The van der Waals surface area contributed by atoms with Crippen molar-refractivity contribution < 1.29 is 22.8 Å². The normalized spacial score (nSPS) is 11.2. The Morgan fingerprint density at radius 1 is 0.882 bits per heavy atom. The zero-order valence-electron chi connectivity index (χ0n) is 17.8. The highest BCUT2D eigenvalue weighted by molar-refractivity contribution is 6.12. The Morgan fingerprint density at radius 2 is 1.62 bits per heavy atom. The van der Waals surface area contributed by atoms with Crippen LogP contribution in [-0.2, 0) is 6.18 Å². The third-order valence-corrected chi connectivity index (χ3v) is 4.99. The van der Waals surface area contributed by atoms with Gasteiger partial charge in [0.25, 0.3) is 11.8 Å². The van der Waals surface area contributed by atoms with E-state index in [9.17, 15) is 22.8 Å². The Kier molecular flexibility index (Phi) is 6.13. The number of halogens is 3. The summed E-state index contributed by atoms with van der Waals surface area (Å²) in [6.45, 7) is 1.71. The minimum Gasteiger partial charge on any atom is -0.322 e. The molecule has 0 saturated heterocycles. The fourth-order valence-electron chi connectivity index (χ4n) is 3.29. The number of amides is 2. The zero-order valence-corrected chi connectivity index (χ0v) is 17.8. The average Bonchev–Trinajstić information content (AvgIpc) is 3.21. The molecule has 172 valence electrons. The fraction of sp³-hybridized carbons (Fsp3) is 0.0833. The van der Waals surface area contributed by atoms with Gasteiger partial charge in [-0.3, -0.25) is 9.59 Å². The Labute approximate surface area is 192 Å². The van der Waals surface area contributed by atoms with Gasteiger partial charge in [0.05, 0.1) is 34.3 Å². The Morgan fingerprint density at radius 3 is 2.35 bits per heavy atom. The van der Waals surface area contributed by atoms with E-state index in [1.54, 1.807) is 43.5 Å². The summed E-state index contributed by atoms with van der Waals surface area (Å²) < 4.78 is 40.4. The number of aromatic nitrogens is 3. The number of nitrogens with one attached hydrogen (secondary N) is 2. The van der Waals surface area contributed by atoms with Gasteiger partial charge in [-0.25, -0.2) is 9.67 Å². The monoisotopic (exact) mass is 465 g/mol. The predicted octanol–water partition coefficient (Wildman–Crippen LogP) is 5.10. The number of carbonyl (C=O) groups is 2. The van der Waals surface area contributed by atoms with Crippen LogP contribution in [0.1, 0.15) is 32.0 Å². The molecule has 2 heterocycles. The maximum atomic E-state index is 13.0. The molecule has 4 aromatic rings. The topological polar surface area (TPSA) is 88.9 Å². The summed E-state index contributed by atoms with van der Waals surface area (Å²) in [4.78, 5) is 29.9. The average molecular weight is 465 g/mol. The van der Waals surface area contributed by atoms with Crippen LogP contribution in [0.4, 0.5) is 24.5 Å². The van der Waals surface area contributed by atoms with Crippen molar-refractivity contribution in [3.05, 3.63) is 102 Å². The second-order valence-corrected chi connectivity index (χ2v) is 7.28. The van der Waals surface area contributed by atoms with Crippen molar-refractivity contribution in [2.75, 3.05) is 10.6 Å². The van der Waals surface area contributed by atoms with Gasteiger partial charge in [-0.15, -0.1) is 0 Å². The number of pyridine rings is 1. The summed E-state index contributed by atoms with van der Waals surface area (Å²) in [5.41, 5.74) is 0.201. The molecule has 2 aromatic heterocycles. The van der Waals surface area contributed by atoms with Crippen molar-refractivity contribution in [3.63, 3.8) is 0 Å². The van der Waals surface area contributed by atoms with E-state index < -0.39 is 23.6 Å². The third kappa shape index (κ3) is 4.80. The van der Waals surface area contributed by atoms with Gasteiger partial charge >= 0.3 is 6.18 Å². The van der Waals surface area contributed by atoms with Crippen molar-refractivity contribution >= 4 is 23.2 Å². The number of para-hydroxylation sites is 1. The SMILES string of the molecule is Cc1c(C(=O)Nc2ccccc2C(=O)Nc2cccc(C(F)(F)F)c2)cnn1-c1ccccn1. The molecule has 0 aliphatic rings. The van der Waals surface area contributed by atoms with Crippen molar-refractivity contribution in [2.24, 2.45) is 0 Å². The molecule has 0 aliphatic heterocycles. The molecule has 4 rings (SSSR count). The van der Waals surface area contributed by atoms with E-state index in [4.69, 9.17) is 0 Å². The van der Waals surface area contributed by atoms with Crippen LogP contribution in [0.25, 0.3) is 5.82 Å². The van der Waals surface area contributed by atoms with Gasteiger partial charge in [-0.05, 0) is 49.4 Å². The van der Waals surface area contributed by atoms with E-state index >= 15 is 0 Å². The van der Waals surface area contributed by atoms with Gasteiger partial charge in [-0.2, -0.15) is 18.3 Å². The molecular formula is C24H18F3N5O2. The number of carbonyl (C=O) groups excluding carboxylic acids is 2. The molecule has 0 bridgehead atoms. The van der Waals surface area contributed by atoms with E-state index in [2.05, 4.69) is 20.7 Å². The summed E-state index contributed by atoms with van der Waals surface area (Å²) in [7, 11) is 0. The molecule has 0 fully saturated rings. The van der Waals surface area contributed by atoms with E-state index in [-0.39, 0.29) is 22.5 Å². The highest BCUT2D eigenvalue weighted by atomic mass is 19.4. The van der Waals surface area contributed by atoms with Gasteiger partial charge in [0, 0.05) is 11.9 Å². The van der Waals surface area contributed by atoms with Crippen molar-refractivity contribution in [1.29, 1.82) is 0 Å². The minimum atomic E-state index is -4.54. The second kappa shape index (κ2) is 9.18. The molecule has 0 radical (unpaired) electrons. The molecule has 0 unspecified atom stereocenters. The minimum absolute atomic E-state index is 0.0200. The first-order valence-corrected chi connectivity index (χ1v) is 10.1. The largest absolute Gasteiger partial charge is 0.416 e. The van der Waals surface area contributed by atoms with Gasteiger partial charge in [0.15, 0.2) is 5.82 Å². The predicted molar refractivity (Wildman–Crippen MR) is 120 cm³/mol. The molecular weight excluding hydrogens is 447 g/mol. The first kappa shape index (κ1) is 22.7. The van der Waals surface area contributed by atoms with Crippen LogP contribution in [0.15, 0.2) is 79.1 Å². The highest BCUT2D eigenvalue weighted by Crippen LogP contribution is 2.31. The lowest BCUT2D eigenvalue weighted by Crippen LogP contribution is -2.19. The molecule has 0 aliphatic carbocycles. The quantitative estimate of drug-likeness (QED) is 0.429. The van der Waals surface area contributed by atoms with Gasteiger partial charge in [-0.1, -0.05) is 24.3 Å². The molecule has 0 atom stereocenters. The smallest absolute Gasteiger partial charge is 0.322 e. The number of benzene rings is 2. The van der Waals surface area contributed by atoms with Gasteiger partial charge in [0.2, 0.25) is 0 Å². The van der Waals surface area contributed by atoms with E-state index in [0.29, 0.717) is 11.5 Å². The second-order valence-electron chi connectivity index (χ2n) is 7.28. The lowest BCUT2D eigenvalue weighted by atomic mass is 10.1. The molecule has 0 saturated carbocycles. The number of rotatable bonds is 5. The highest BCUT2D eigenvalue weighted by Gasteiger charge is 2.30. The Bertz CT molecular complexity index is 1350. The molecule has 0 spiro atoms. The first-order valence-electron chi connectivity index (χ1n) is 10.1. The molecule has 2 amide bonds. The van der Waals surface area contributed by atoms with Crippen LogP contribution in [0.2, 0.25) is 0 Å². The maximum Gasteiger partial charge on any atom is 0.416 e. The van der Waals surface area contributed by atoms with Crippen LogP contribution in [0.3, 0.4) is 0 Å². The van der Waals surface area contributed by atoms with Crippen molar-refractivity contribution in [2.45, 2.75) is 13.1 Å². The number of hydrogen-bond donors (Lipinski definition) is 2. The molecule has 2 aromatic carbocycles. The standard InChI is InChI=1S/C24H18F3N5O2/c1-15-19(14-29-32(15)21-11-4-5-12-28-21)23(34)31-20-10-3-2-9-18(20)22(33)30-17-8-6-7-16(13-17)24(25,26)27/h2-14H,1H3,(H,30,33)(H,31,34). The lowest BCUT2D eigenvalue weighted by molar-refractivity contribution is -0.137. The number of anilines is 2. The first-order chi connectivity index (χ1) is 16.2. The van der Waals surface area contributed by atoms with Crippen LogP contribution < -0.4 is 10.6 Å². The number of alkyl halides is 3. The van der Waals surface area contributed by atoms with Gasteiger partial charge < -0.3 is 10.6 Å². The summed E-state index contributed by atoms with van der Waals surface area (Å²) >= 11 is 0. The van der Waals surface area contributed by atoms with Crippen molar-refractivity contribution in [1.82, 2.24) is 14.8 Å². The number of nitrogens with zero attached hydrogens (tertiary/aromatic N) is 3. The molecule has 10 heteroatoms. The lowest BCUT2D eigenvalue weighted by Gasteiger charge is -2.13. The fourth-order valence-corrected chi connectivity index (χ4v) is 3.29. The van der Waals surface area contributed by atoms with Crippen LogP contribution in [-0.4, -0.2) is 26.6 Å². The Balaban J connectivity index is 1.55. The number of hydrogen-bond acceptors (Lipinski definition) is 4. The summed E-state index contributed by atoms with van der Waals surface area (Å²) in [6, 6.07) is 15.8.